The minimum atomic E-state index is 0.971. The van der Waals surface area contributed by atoms with Gasteiger partial charge in [-0.05, 0) is 17.7 Å². The van der Waals surface area contributed by atoms with Crippen molar-refractivity contribution in [1.29, 1.82) is 0 Å². The van der Waals surface area contributed by atoms with Crippen LogP contribution >= 0.6 is 0 Å². The van der Waals surface area contributed by atoms with E-state index in [4.69, 9.17) is 0 Å². The van der Waals surface area contributed by atoms with Gasteiger partial charge in [0.25, 0.3) is 0 Å². The smallest absolute Gasteiger partial charge is 0.137 e. The summed E-state index contributed by atoms with van der Waals surface area (Å²) in [6.45, 7) is 0. The molecule has 1 N–H and O–H groups in total. The third-order valence-electron chi connectivity index (χ3n) is 2.66. The number of hydrogen-bond acceptors (Lipinski definition) is 1. The van der Waals surface area contributed by atoms with E-state index in [1.165, 1.54) is 16.5 Å². The molecule has 0 saturated heterocycles. The summed E-state index contributed by atoms with van der Waals surface area (Å²) in [7, 11) is 0. The first-order chi connectivity index (χ1) is 7.43. The second-order valence-electron chi connectivity index (χ2n) is 3.68. The van der Waals surface area contributed by atoms with E-state index in [0.717, 1.165) is 12.1 Å². The molecule has 0 saturated carbocycles. The normalized spacial score (nSPS) is 10.9. The summed E-state index contributed by atoms with van der Waals surface area (Å²) in [5.74, 6) is 0. The van der Waals surface area contributed by atoms with Crippen LogP contribution in [-0.4, -0.2) is 9.97 Å². The molecule has 2 heterocycles. The van der Waals surface area contributed by atoms with Gasteiger partial charge in [-0.3, -0.25) is 0 Å². The quantitative estimate of drug-likeness (QED) is 0.626. The first-order valence-corrected chi connectivity index (χ1v) is 5.05. The van der Waals surface area contributed by atoms with Crippen molar-refractivity contribution < 1.29 is 0 Å². The Morgan fingerprint density at radius 3 is 3.20 bits per heavy atom. The molecular weight excluding hydrogens is 184 g/mol. The van der Waals surface area contributed by atoms with Gasteiger partial charge in [0.2, 0.25) is 0 Å². The Kier molecular flexibility index (Phi) is 1.85. The fraction of sp³-hybridized carbons (Fsp3) is 0.0769. The largest absolute Gasteiger partial charge is 0.346 e. The predicted octanol–water partition coefficient (Wildman–Crippen LogP) is 2.87. The van der Waals surface area contributed by atoms with Crippen LogP contribution < -0.4 is 0 Å². The van der Waals surface area contributed by atoms with Crippen molar-refractivity contribution in [1.82, 2.24) is 9.97 Å². The summed E-state index contributed by atoms with van der Waals surface area (Å²) in [6, 6.07) is 12.5. The average Bonchev–Trinajstić information content (AvgIpc) is 2.89. The molecule has 2 aromatic heterocycles. The summed E-state index contributed by atoms with van der Waals surface area (Å²) in [6.07, 6.45) is 4.83. The summed E-state index contributed by atoms with van der Waals surface area (Å²) in [5.41, 5.74) is 3.63. The van der Waals surface area contributed by atoms with Crippen molar-refractivity contribution in [2.24, 2.45) is 0 Å². The van der Waals surface area contributed by atoms with Crippen LogP contribution in [0.1, 0.15) is 11.1 Å². The summed E-state index contributed by atoms with van der Waals surface area (Å²) in [5, 5.41) is 1.22. The number of fused-ring (bicyclic) bond motifs is 1. The topological polar surface area (TPSA) is 28.7 Å². The maximum atomic E-state index is 4.28. The van der Waals surface area contributed by atoms with Crippen molar-refractivity contribution in [3.05, 3.63) is 59.9 Å². The van der Waals surface area contributed by atoms with Crippen molar-refractivity contribution in [3.63, 3.8) is 0 Å². The average molecular weight is 195 g/mol. The lowest BCUT2D eigenvalue weighted by molar-refractivity contribution is 1.22. The van der Waals surface area contributed by atoms with Crippen LogP contribution in [0.3, 0.4) is 0 Å². The van der Waals surface area contributed by atoms with Gasteiger partial charge < -0.3 is 4.98 Å². The zero-order chi connectivity index (χ0) is 10.1. The molecule has 0 amide bonds. The van der Waals surface area contributed by atoms with Gasteiger partial charge in [-0.25, -0.2) is 11.1 Å². The van der Waals surface area contributed by atoms with Gasteiger partial charge in [-0.1, -0.05) is 6.42 Å². The Bertz CT molecular complexity index is 561. The van der Waals surface area contributed by atoms with E-state index in [1.54, 1.807) is 0 Å². The zero-order valence-corrected chi connectivity index (χ0v) is 8.27. The van der Waals surface area contributed by atoms with Gasteiger partial charge in [0, 0.05) is 17.8 Å². The Labute approximate surface area is 88.0 Å². The first kappa shape index (κ1) is 8.36. The number of aromatic amines is 1. The van der Waals surface area contributed by atoms with Gasteiger partial charge in [0.1, 0.15) is 5.65 Å². The Morgan fingerprint density at radius 1 is 1.33 bits per heavy atom. The number of aromatic nitrogens is 2. The highest BCUT2D eigenvalue weighted by Crippen LogP contribution is 2.19. The Morgan fingerprint density at radius 2 is 2.33 bits per heavy atom. The van der Waals surface area contributed by atoms with Crippen LogP contribution in [0.25, 0.3) is 11.0 Å². The molecule has 0 spiro atoms. The molecule has 2 nitrogen and oxygen atoms in total. The molecule has 0 bridgehead atoms. The van der Waals surface area contributed by atoms with E-state index in [1.807, 2.05) is 18.5 Å². The lowest BCUT2D eigenvalue weighted by Crippen LogP contribution is -1.83. The van der Waals surface area contributed by atoms with Crippen LogP contribution in [0.2, 0.25) is 0 Å². The molecule has 0 aliphatic carbocycles. The first-order valence-electron chi connectivity index (χ1n) is 5.05. The highest BCUT2D eigenvalue weighted by atomic mass is 14.8. The number of pyridine rings is 1. The number of nitrogens with one attached hydrogen (secondary N) is 1. The fourth-order valence-electron chi connectivity index (χ4n) is 1.91. The second-order valence-corrected chi connectivity index (χ2v) is 3.68. The highest BCUT2D eigenvalue weighted by Gasteiger charge is 2.01. The summed E-state index contributed by atoms with van der Waals surface area (Å²) < 4.78 is 0. The van der Waals surface area contributed by atoms with E-state index < -0.39 is 0 Å². The van der Waals surface area contributed by atoms with Crippen LogP contribution in [0.15, 0.2) is 48.8 Å². The van der Waals surface area contributed by atoms with Gasteiger partial charge in [-0.15, -0.1) is 0 Å². The Balaban J connectivity index is 2.05. The number of H-pyrrole nitrogens is 1. The molecule has 15 heavy (non-hydrogen) atoms. The Hall–Kier alpha value is -1.96. The molecule has 1 aromatic carbocycles. The van der Waals surface area contributed by atoms with Gasteiger partial charge >= 0.3 is 0 Å². The molecule has 0 aliphatic heterocycles. The van der Waals surface area contributed by atoms with E-state index >= 15 is 0 Å². The van der Waals surface area contributed by atoms with Crippen molar-refractivity contribution in [2.75, 3.05) is 0 Å². The maximum absolute atomic E-state index is 4.28. The minimum absolute atomic E-state index is 0.971. The minimum Gasteiger partial charge on any atom is -0.346 e. The number of nitrogens with zero attached hydrogens (tertiary/aromatic N) is 1. The van der Waals surface area contributed by atoms with Crippen LogP contribution in [0.4, 0.5) is 0 Å². The van der Waals surface area contributed by atoms with Crippen LogP contribution in [-0.2, 0) is 6.42 Å². The molecule has 3 aromatic rings. The van der Waals surface area contributed by atoms with Gasteiger partial charge in [0.05, 0.1) is 0 Å². The molecule has 0 aliphatic rings. The van der Waals surface area contributed by atoms with Crippen LogP contribution in [0.5, 0.6) is 0 Å². The molecule has 3 rings (SSSR count). The van der Waals surface area contributed by atoms with E-state index in [9.17, 15) is 0 Å². The second kappa shape index (κ2) is 3.31. The molecular formula is C13H11N2-. The molecule has 0 radical (unpaired) electrons. The molecule has 2 heteroatoms. The monoisotopic (exact) mass is 195 g/mol. The number of rotatable bonds is 2. The van der Waals surface area contributed by atoms with Crippen LogP contribution in [0, 0.1) is 0 Å². The third kappa shape index (κ3) is 1.44. The molecule has 0 atom stereocenters. The van der Waals surface area contributed by atoms with Crippen molar-refractivity contribution in [3.8, 4) is 0 Å². The van der Waals surface area contributed by atoms with Crippen molar-refractivity contribution in [2.45, 2.75) is 6.42 Å². The van der Waals surface area contributed by atoms with E-state index in [-0.39, 0.29) is 0 Å². The molecule has 0 fully saturated rings. The lowest BCUT2D eigenvalue weighted by Gasteiger charge is -2.01. The predicted molar refractivity (Wildman–Crippen MR) is 60.9 cm³/mol. The fourth-order valence-corrected chi connectivity index (χ4v) is 1.91. The highest BCUT2D eigenvalue weighted by molar-refractivity contribution is 5.79. The van der Waals surface area contributed by atoms with Gasteiger partial charge in [0.15, 0.2) is 0 Å². The number of hydrogen-bond donors (Lipinski definition) is 1. The lowest BCUT2D eigenvalue weighted by atomic mass is 10.1. The molecule has 74 valence electrons. The standard InChI is InChI=1S/C13H11N2/c1-2-5-10(4-1)8-11-9-15-13-12(11)6-3-7-14-13/h1-7,9H,8H2,(H,14,15)/q-1. The van der Waals surface area contributed by atoms with E-state index in [0.29, 0.717) is 0 Å². The van der Waals surface area contributed by atoms with E-state index in [2.05, 4.69) is 40.3 Å². The van der Waals surface area contributed by atoms with Gasteiger partial charge in [-0.2, -0.15) is 23.8 Å². The summed E-state index contributed by atoms with van der Waals surface area (Å²) >= 11 is 0. The SMILES string of the molecule is c1cnc2[nH]cc(Cc3cc[cH-]c3)c2c1. The zero-order valence-electron chi connectivity index (χ0n) is 8.27. The summed E-state index contributed by atoms with van der Waals surface area (Å²) in [4.78, 5) is 7.47. The maximum Gasteiger partial charge on any atom is 0.137 e. The molecule has 0 unspecified atom stereocenters. The van der Waals surface area contributed by atoms with Crippen molar-refractivity contribution >= 4 is 11.0 Å². The third-order valence-corrected chi connectivity index (χ3v) is 2.66.